The van der Waals surface area contributed by atoms with Crippen LogP contribution >= 0.6 is 11.6 Å². The highest BCUT2D eigenvalue weighted by atomic mass is 35.5. The van der Waals surface area contributed by atoms with Crippen molar-refractivity contribution in [2.24, 2.45) is 0 Å². The van der Waals surface area contributed by atoms with Gasteiger partial charge in [0.2, 0.25) is 6.41 Å². The zero-order valence-electron chi connectivity index (χ0n) is 20.3. The van der Waals surface area contributed by atoms with Crippen LogP contribution in [0.4, 0.5) is 4.39 Å². The van der Waals surface area contributed by atoms with Gasteiger partial charge in [-0.2, -0.15) is 5.10 Å². The van der Waals surface area contributed by atoms with E-state index in [0.717, 1.165) is 12.0 Å². The van der Waals surface area contributed by atoms with Crippen molar-refractivity contribution in [3.8, 4) is 5.69 Å². The number of aryl methyl sites for hydroxylation is 1. The lowest BCUT2D eigenvalue weighted by atomic mass is 10.1. The highest BCUT2D eigenvalue weighted by molar-refractivity contribution is 6.31. The van der Waals surface area contributed by atoms with E-state index in [4.69, 9.17) is 11.6 Å². The van der Waals surface area contributed by atoms with Gasteiger partial charge in [-0.1, -0.05) is 11.6 Å². The molecule has 2 aromatic heterocycles. The van der Waals surface area contributed by atoms with Crippen molar-refractivity contribution >= 4 is 46.5 Å². The highest BCUT2D eigenvalue weighted by Gasteiger charge is 2.23. The van der Waals surface area contributed by atoms with Crippen LogP contribution in [0.1, 0.15) is 33.9 Å². The average Bonchev–Trinajstić information content (AvgIpc) is 3.40. The molecule has 3 heterocycles. The molecule has 37 heavy (non-hydrogen) atoms. The lowest BCUT2D eigenvalue weighted by Gasteiger charge is -2.06. The molecule has 0 unspecified atom stereocenters. The fourth-order valence-corrected chi connectivity index (χ4v) is 4.22. The number of aromatic nitrogens is 4. The first kappa shape index (κ1) is 25.8. The van der Waals surface area contributed by atoms with Gasteiger partial charge in [-0.25, -0.2) is 18.9 Å². The number of aromatic carboxylic acids is 1. The van der Waals surface area contributed by atoms with Crippen LogP contribution in [0, 0.1) is 12.7 Å². The van der Waals surface area contributed by atoms with Crippen LogP contribution in [0.5, 0.6) is 0 Å². The molecule has 1 aliphatic heterocycles. The quantitative estimate of drug-likeness (QED) is 0.404. The number of carboxylic acids is 1. The average molecular weight is 524 g/mol. The predicted octanol–water partition coefficient (Wildman–Crippen LogP) is 4.03. The van der Waals surface area contributed by atoms with E-state index in [1.807, 2.05) is 13.0 Å². The number of nitrogens with zero attached hydrogens (tertiary/aromatic N) is 5. The third kappa shape index (κ3) is 5.14. The molecule has 4 aromatic rings. The molecule has 0 aliphatic carbocycles. The maximum absolute atomic E-state index is 13.3. The Balaban J connectivity index is 0.000000586. The Bertz CT molecular complexity index is 1610. The summed E-state index contributed by atoms with van der Waals surface area (Å²) in [6.45, 7) is 2.28. The zero-order chi connectivity index (χ0) is 26.9. The molecule has 0 saturated carbocycles. The molecular formula is C26H23ClFN5O4. The second kappa shape index (κ2) is 10.4. The Morgan fingerprint density at radius 2 is 1.86 bits per heavy atom. The number of hydrogen-bond acceptors (Lipinski definition) is 5. The summed E-state index contributed by atoms with van der Waals surface area (Å²) < 4.78 is 16.4. The Morgan fingerprint density at radius 1 is 1.19 bits per heavy atom. The molecule has 0 fully saturated rings. The van der Waals surface area contributed by atoms with Crippen molar-refractivity contribution in [3.05, 3.63) is 86.4 Å². The standard InChI is InChI=1S/C23H16ClFN4O3.C3H7NO/c1-12-18(20(24)29(27-12)16-5-3-15(25)4-6-16)10-13-8-9-28-21(13)26-19-11-14(23(31)32)2-7-17(19)22(28)30;1-4(2)3-5/h2-7,10-11H,8-9H2,1H3,(H,31,32);3H,1-2H3/b13-10+;. The summed E-state index contributed by atoms with van der Waals surface area (Å²) in [6, 6.07) is 10.1. The molecule has 11 heteroatoms. The molecule has 0 spiro atoms. The summed E-state index contributed by atoms with van der Waals surface area (Å²) in [5.74, 6) is -0.954. The first-order chi connectivity index (χ1) is 17.6. The summed E-state index contributed by atoms with van der Waals surface area (Å²) in [7, 11) is 3.38. The minimum Gasteiger partial charge on any atom is -0.478 e. The van der Waals surface area contributed by atoms with Crippen molar-refractivity contribution in [1.29, 1.82) is 0 Å². The second-order valence-corrected chi connectivity index (χ2v) is 8.95. The molecule has 0 atom stereocenters. The lowest BCUT2D eigenvalue weighted by molar-refractivity contribution is -0.115. The maximum Gasteiger partial charge on any atom is 0.335 e. The van der Waals surface area contributed by atoms with Crippen molar-refractivity contribution in [3.63, 3.8) is 0 Å². The van der Waals surface area contributed by atoms with Gasteiger partial charge in [0.15, 0.2) is 0 Å². The van der Waals surface area contributed by atoms with Gasteiger partial charge in [0.05, 0.1) is 27.8 Å². The third-order valence-corrected chi connectivity index (χ3v) is 6.11. The van der Waals surface area contributed by atoms with Crippen molar-refractivity contribution in [2.45, 2.75) is 19.9 Å². The third-order valence-electron chi connectivity index (χ3n) is 5.74. The number of benzene rings is 2. The van der Waals surface area contributed by atoms with E-state index < -0.39 is 5.97 Å². The Hall–Kier alpha value is -4.31. The normalized spacial score (nSPS) is 13.3. The number of fused-ring (bicyclic) bond motifs is 2. The lowest BCUT2D eigenvalue weighted by Crippen LogP contribution is -2.21. The maximum atomic E-state index is 13.3. The number of carboxylic acid groups (broad SMARTS) is 1. The number of carbonyl (C=O) groups is 2. The van der Waals surface area contributed by atoms with E-state index >= 15 is 0 Å². The van der Waals surface area contributed by atoms with Gasteiger partial charge in [-0.15, -0.1) is 0 Å². The van der Waals surface area contributed by atoms with Gasteiger partial charge >= 0.3 is 5.97 Å². The predicted molar refractivity (Wildman–Crippen MR) is 138 cm³/mol. The molecular weight excluding hydrogens is 501 g/mol. The zero-order valence-corrected chi connectivity index (χ0v) is 21.0. The van der Waals surface area contributed by atoms with Gasteiger partial charge in [-0.05, 0) is 67.5 Å². The van der Waals surface area contributed by atoms with Gasteiger partial charge in [0, 0.05) is 26.2 Å². The van der Waals surface area contributed by atoms with Gasteiger partial charge < -0.3 is 10.0 Å². The van der Waals surface area contributed by atoms with Gasteiger partial charge in [0.25, 0.3) is 5.56 Å². The molecule has 0 saturated heterocycles. The van der Waals surface area contributed by atoms with Crippen LogP contribution in [0.3, 0.4) is 0 Å². The molecule has 1 aliphatic rings. The van der Waals surface area contributed by atoms with Crippen molar-refractivity contribution in [1.82, 2.24) is 24.2 Å². The summed E-state index contributed by atoms with van der Waals surface area (Å²) >= 11 is 6.60. The molecule has 5 rings (SSSR count). The SMILES string of the molecule is CN(C)C=O.Cc1nn(-c2ccc(F)cc2)c(Cl)c1/C=C1\CCn2c1nc1cc(C(=O)O)ccc1c2=O. The van der Waals surface area contributed by atoms with E-state index in [1.54, 1.807) is 30.8 Å². The van der Waals surface area contributed by atoms with Crippen molar-refractivity contribution in [2.75, 3.05) is 14.1 Å². The van der Waals surface area contributed by atoms with Crippen LogP contribution in [0.2, 0.25) is 5.15 Å². The largest absolute Gasteiger partial charge is 0.478 e. The van der Waals surface area contributed by atoms with Crippen LogP contribution < -0.4 is 5.56 Å². The first-order valence-corrected chi connectivity index (χ1v) is 11.6. The Morgan fingerprint density at radius 3 is 2.49 bits per heavy atom. The van der Waals surface area contributed by atoms with Crippen LogP contribution in [-0.2, 0) is 11.3 Å². The number of rotatable bonds is 4. The Kier molecular flexibility index (Phi) is 7.21. The van der Waals surface area contributed by atoms with Crippen LogP contribution in [-0.4, -0.2) is 55.8 Å². The summed E-state index contributed by atoms with van der Waals surface area (Å²) in [4.78, 5) is 39.7. The number of hydrogen-bond donors (Lipinski definition) is 1. The molecule has 1 amide bonds. The number of amides is 1. The fourth-order valence-electron chi connectivity index (χ4n) is 3.89. The van der Waals surface area contributed by atoms with E-state index in [1.165, 1.54) is 39.9 Å². The van der Waals surface area contributed by atoms with E-state index in [9.17, 15) is 23.9 Å². The van der Waals surface area contributed by atoms with Crippen LogP contribution in [0.15, 0.2) is 47.3 Å². The second-order valence-electron chi connectivity index (χ2n) is 8.60. The summed E-state index contributed by atoms with van der Waals surface area (Å²) in [5.41, 5.74) is 2.95. The number of carbonyl (C=O) groups excluding carboxylic acids is 1. The van der Waals surface area contributed by atoms with Crippen molar-refractivity contribution < 1.29 is 19.1 Å². The Labute approximate surface area is 216 Å². The van der Waals surface area contributed by atoms with Gasteiger partial charge in [-0.3, -0.25) is 14.2 Å². The van der Waals surface area contributed by atoms with E-state index in [0.29, 0.717) is 51.8 Å². The molecule has 9 nitrogen and oxygen atoms in total. The van der Waals surface area contributed by atoms with Crippen LogP contribution in [0.25, 0.3) is 28.2 Å². The summed E-state index contributed by atoms with van der Waals surface area (Å²) in [6.07, 6.45) is 3.17. The molecule has 1 N–H and O–H groups in total. The summed E-state index contributed by atoms with van der Waals surface area (Å²) in [5, 5.41) is 14.5. The molecule has 0 bridgehead atoms. The highest BCUT2D eigenvalue weighted by Crippen LogP contribution is 2.32. The van der Waals surface area contributed by atoms with E-state index in [-0.39, 0.29) is 16.9 Å². The number of halogens is 2. The molecule has 2 aromatic carbocycles. The smallest absolute Gasteiger partial charge is 0.335 e. The monoisotopic (exact) mass is 523 g/mol. The molecule has 190 valence electrons. The topological polar surface area (TPSA) is 110 Å². The minimum absolute atomic E-state index is 0.0670. The van der Waals surface area contributed by atoms with Gasteiger partial charge in [0.1, 0.15) is 16.8 Å². The number of allylic oxidation sites excluding steroid dienone is 1. The molecule has 0 radical (unpaired) electrons. The minimum atomic E-state index is -1.08. The fraction of sp³-hybridized carbons (Fsp3) is 0.192. The first-order valence-electron chi connectivity index (χ1n) is 11.2. The van der Waals surface area contributed by atoms with E-state index in [2.05, 4.69) is 10.1 Å².